The van der Waals surface area contributed by atoms with Crippen molar-refractivity contribution in [1.29, 1.82) is 0 Å². The number of hydrogen-bond acceptors (Lipinski definition) is 6. The van der Waals surface area contributed by atoms with Crippen LogP contribution < -0.4 is 0 Å². The molecule has 6 rings (SSSR count). The molecule has 6 aromatic rings. The largest absolute Gasteiger partial charge is 0.265 e. The van der Waals surface area contributed by atoms with Gasteiger partial charge >= 0.3 is 0 Å². The lowest BCUT2D eigenvalue weighted by atomic mass is 10.0. The lowest BCUT2D eigenvalue weighted by molar-refractivity contribution is 1.07. The zero-order chi connectivity index (χ0) is 24.2. The number of nitrogens with zero attached hydrogens (tertiary/aromatic N) is 6. The van der Waals surface area contributed by atoms with Gasteiger partial charge in [-0.3, -0.25) is 15.0 Å². The minimum atomic E-state index is 0.579. The van der Waals surface area contributed by atoms with Gasteiger partial charge in [-0.05, 0) is 47.5 Å². The molecule has 0 radical (unpaired) electrons. The quantitative estimate of drug-likeness (QED) is 0.294. The summed E-state index contributed by atoms with van der Waals surface area (Å²) < 4.78 is 0. The molecule has 0 N–H and O–H groups in total. The van der Waals surface area contributed by atoms with E-state index < -0.39 is 0 Å². The Hall–Kier alpha value is -5.10. The van der Waals surface area contributed by atoms with Crippen molar-refractivity contribution in [1.82, 2.24) is 29.9 Å². The van der Waals surface area contributed by atoms with Crippen molar-refractivity contribution in [3.63, 3.8) is 0 Å². The molecule has 6 nitrogen and oxygen atoms in total. The topological polar surface area (TPSA) is 77.3 Å². The third-order valence-corrected chi connectivity index (χ3v) is 5.82. The maximum atomic E-state index is 4.84. The number of rotatable bonds is 5. The Bertz CT molecular complexity index is 1480. The Morgan fingerprint density at radius 2 is 0.944 bits per heavy atom. The van der Waals surface area contributed by atoms with Crippen LogP contribution in [-0.4, -0.2) is 29.9 Å². The van der Waals surface area contributed by atoms with Crippen LogP contribution in [0.3, 0.4) is 0 Å². The van der Waals surface area contributed by atoms with Crippen molar-refractivity contribution in [3.05, 3.63) is 122 Å². The van der Waals surface area contributed by atoms with Gasteiger partial charge in [0, 0.05) is 53.2 Å². The monoisotopic (exact) mass is 464 g/mol. The molecule has 0 fully saturated rings. The third-order valence-electron chi connectivity index (χ3n) is 5.82. The Kier molecular flexibility index (Phi) is 5.74. The molecule has 0 unspecified atom stereocenters. The standard InChI is InChI=1S/C30H20N6/c1-2-17-33-27(5-1)23-8-12-25(13-9-23)29-34-28(35-30(36-29)26-4-3-16-32-20-26)24-10-6-21(7-11-24)22-14-18-31-19-15-22/h1-20H. The van der Waals surface area contributed by atoms with E-state index in [4.69, 9.17) is 15.0 Å². The average molecular weight is 465 g/mol. The number of pyridine rings is 3. The fourth-order valence-corrected chi connectivity index (χ4v) is 3.94. The summed E-state index contributed by atoms with van der Waals surface area (Å²) in [7, 11) is 0. The summed E-state index contributed by atoms with van der Waals surface area (Å²) in [5, 5.41) is 0. The van der Waals surface area contributed by atoms with E-state index >= 15 is 0 Å². The zero-order valence-electron chi connectivity index (χ0n) is 19.2. The van der Waals surface area contributed by atoms with Gasteiger partial charge in [-0.25, -0.2) is 15.0 Å². The van der Waals surface area contributed by atoms with Gasteiger partial charge < -0.3 is 0 Å². The summed E-state index contributed by atoms with van der Waals surface area (Å²) in [6, 6.07) is 30.0. The molecule has 0 aliphatic carbocycles. The Morgan fingerprint density at radius 1 is 0.361 bits per heavy atom. The highest BCUT2D eigenvalue weighted by atomic mass is 15.0. The average Bonchev–Trinajstić information content (AvgIpc) is 2.98. The smallest absolute Gasteiger partial charge is 0.165 e. The second-order valence-corrected chi connectivity index (χ2v) is 8.15. The van der Waals surface area contributed by atoms with E-state index in [1.165, 1.54) is 0 Å². The Morgan fingerprint density at radius 3 is 1.53 bits per heavy atom. The Balaban J connectivity index is 1.41. The molecular weight excluding hydrogens is 444 g/mol. The molecule has 170 valence electrons. The fourth-order valence-electron chi connectivity index (χ4n) is 3.94. The summed E-state index contributed by atoms with van der Waals surface area (Å²) in [4.78, 5) is 27.2. The molecule has 4 aromatic heterocycles. The van der Waals surface area contributed by atoms with Crippen LogP contribution in [0.4, 0.5) is 0 Å². The van der Waals surface area contributed by atoms with Crippen molar-refractivity contribution in [3.8, 4) is 56.5 Å². The summed E-state index contributed by atoms with van der Waals surface area (Å²) in [5.41, 5.74) is 6.81. The molecule has 0 spiro atoms. The first-order valence-corrected chi connectivity index (χ1v) is 11.5. The number of hydrogen-bond donors (Lipinski definition) is 0. The first-order chi connectivity index (χ1) is 17.8. The van der Waals surface area contributed by atoms with E-state index in [1.54, 1.807) is 31.0 Å². The molecule has 0 saturated heterocycles. The van der Waals surface area contributed by atoms with E-state index in [0.29, 0.717) is 17.5 Å². The molecule has 0 saturated carbocycles. The predicted molar refractivity (Wildman–Crippen MR) is 140 cm³/mol. The highest BCUT2D eigenvalue weighted by Gasteiger charge is 2.13. The van der Waals surface area contributed by atoms with Crippen LogP contribution in [0.1, 0.15) is 0 Å². The van der Waals surface area contributed by atoms with Gasteiger partial charge in [0.15, 0.2) is 17.5 Å². The summed E-state index contributed by atoms with van der Waals surface area (Å²) >= 11 is 0. The second kappa shape index (κ2) is 9.64. The maximum Gasteiger partial charge on any atom is 0.165 e. The van der Waals surface area contributed by atoms with E-state index in [-0.39, 0.29) is 0 Å². The van der Waals surface area contributed by atoms with E-state index in [2.05, 4.69) is 27.1 Å². The molecule has 0 atom stereocenters. The first kappa shape index (κ1) is 21.4. The van der Waals surface area contributed by atoms with Crippen molar-refractivity contribution in [2.45, 2.75) is 0 Å². The van der Waals surface area contributed by atoms with Crippen LogP contribution in [0.2, 0.25) is 0 Å². The molecule has 0 bridgehead atoms. The normalized spacial score (nSPS) is 10.8. The van der Waals surface area contributed by atoms with Crippen LogP contribution in [0.25, 0.3) is 56.5 Å². The van der Waals surface area contributed by atoms with E-state index in [9.17, 15) is 0 Å². The molecular formula is C30H20N6. The van der Waals surface area contributed by atoms with Crippen molar-refractivity contribution < 1.29 is 0 Å². The predicted octanol–water partition coefficient (Wildman–Crippen LogP) is 6.39. The summed E-state index contributed by atoms with van der Waals surface area (Å²) in [6.45, 7) is 0. The molecule has 0 amide bonds. The fraction of sp³-hybridized carbons (Fsp3) is 0. The van der Waals surface area contributed by atoms with Gasteiger partial charge in [0.1, 0.15) is 0 Å². The summed E-state index contributed by atoms with van der Waals surface area (Å²) in [5.74, 6) is 1.79. The first-order valence-electron chi connectivity index (χ1n) is 11.5. The van der Waals surface area contributed by atoms with Gasteiger partial charge in [-0.1, -0.05) is 54.6 Å². The van der Waals surface area contributed by atoms with Gasteiger partial charge in [-0.2, -0.15) is 0 Å². The zero-order valence-corrected chi connectivity index (χ0v) is 19.2. The van der Waals surface area contributed by atoms with Crippen LogP contribution in [0.15, 0.2) is 122 Å². The van der Waals surface area contributed by atoms with Gasteiger partial charge in [0.2, 0.25) is 0 Å². The number of benzene rings is 2. The van der Waals surface area contributed by atoms with Gasteiger partial charge in [0.05, 0.1) is 5.69 Å². The van der Waals surface area contributed by atoms with E-state index in [1.807, 2.05) is 78.9 Å². The molecule has 6 heteroatoms. The molecule has 0 aliphatic rings. The highest BCUT2D eigenvalue weighted by molar-refractivity contribution is 5.71. The second-order valence-electron chi connectivity index (χ2n) is 8.15. The molecule has 4 heterocycles. The Labute approximate surface area is 208 Å². The van der Waals surface area contributed by atoms with Crippen LogP contribution in [0.5, 0.6) is 0 Å². The van der Waals surface area contributed by atoms with E-state index in [0.717, 1.165) is 39.1 Å². The number of aromatic nitrogens is 6. The minimum Gasteiger partial charge on any atom is -0.265 e. The van der Waals surface area contributed by atoms with Gasteiger partial charge in [0.25, 0.3) is 0 Å². The van der Waals surface area contributed by atoms with Crippen molar-refractivity contribution >= 4 is 0 Å². The van der Waals surface area contributed by atoms with Crippen molar-refractivity contribution in [2.75, 3.05) is 0 Å². The summed E-state index contributed by atoms with van der Waals surface area (Å²) in [6.07, 6.45) is 8.88. The van der Waals surface area contributed by atoms with Crippen LogP contribution in [0, 0.1) is 0 Å². The minimum absolute atomic E-state index is 0.579. The third kappa shape index (κ3) is 4.48. The maximum absolute atomic E-state index is 4.84. The lowest BCUT2D eigenvalue weighted by Crippen LogP contribution is -2.00. The molecule has 0 aliphatic heterocycles. The highest BCUT2D eigenvalue weighted by Crippen LogP contribution is 2.27. The SMILES string of the molecule is c1ccc(-c2ccc(-c3nc(-c4ccc(-c5ccncc5)cc4)nc(-c4cccnc4)n3)cc2)nc1. The van der Waals surface area contributed by atoms with Crippen LogP contribution in [-0.2, 0) is 0 Å². The van der Waals surface area contributed by atoms with Crippen molar-refractivity contribution in [2.24, 2.45) is 0 Å². The van der Waals surface area contributed by atoms with Crippen LogP contribution >= 0.6 is 0 Å². The molecule has 2 aromatic carbocycles. The lowest BCUT2D eigenvalue weighted by Gasteiger charge is -2.09. The molecule has 36 heavy (non-hydrogen) atoms. The van der Waals surface area contributed by atoms with Gasteiger partial charge in [-0.15, -0.1) is 0 Å².